The molecule has 0 spiro atoms. The molecule has 0 aromatic heterocycles. The van der Waals surface area contributed by atoms with Gasteiger partial charge in [-0.1, -0.05) is 56.3 Å². The lowest BCUT2D eigenvalue weighted by atomic mass is 9.85. The third kappa shape index (κ3) is 4.15. The van der Waals surface area contributed by atoms with E-state index in [0.717, 1.165) is 24.9 Å². The highest BCUT2D eigenvalue weighted by Gasteiger charge is 2.23. The maximum absolute atomic E-state index is 13.6. The number of halogens is 1. The zero-order valence-electron chi connectivity index (χ0n) is 12.9. The lowest BCUT2D eigenvalue weighted by Gasteiger charge is -2.28. The van der Waals surface area contributed by atoms with Crippen molar-refractivity contribution in [1.29, 1.82) is 0 Å². The molecule has 0 aliphatic carbocycles. The van der Waals surface area contributed by atoms with E-state index < -0.39 is 0 Å². The first-order chi connectivity index (χ1) is 10.3. The molecule has 0 heterocycles. The topological polar surface area (TPSA) is 12.0 Å². The van der Waals surface area contributed by atoms with E-state index in [1.807, 2.05) is 12.1 Å². The molecule has 21 heavy (non-hydrogen) atoms. The maximum atomic E-state index is 13.6. The molecule has 1 nitrogen and oxygen atoms in total. The predicted molar refractivity (Wildman–Crippen MR) is 86.9 cm³/mol. The summed E-state index contributed by atoms with van der Waals surface area (Å²) in [6.45, 7) is 5.28. The Labute approximate surface area is 127 Å². The quantitative estimate of drug-likeness (QED) is 0.749. The minimum absolute atomic E-state index is 0.146. The van der Waals surface area contributed by atoms with Crippen LogP contribution in [-0.4, -0.2) is 6.54 Å². The summed E-state index contributed by atoms with van der Waals surface area (Å²) >= 11 is 0. The third-order valence-corrected chi connectivity index (χ3v) is 3.89. The molecule has 0 bridgehead atoms. The summed E-state index contributed by atoms with van der Waals surface area (Å²) in [6, 6.07) is 17.6. The molecule has 0 amide bonds. The van der Waals surface area contributed by atoms with Crippen molar-refractivity contribution < 1.29 is 4.39 Å². The van der Waals surface area contributed by atoms with Crippen LogP contribution in [0.1, 0.15) is 49.8 Å². The minimum atomic E-state index is -0.168. The van der Waals surface area contributed by atoms with Crippen molar-refractivity contribution in [3.63, 3.8) is 0 Å². The second kappa shape index (κ2) is 7.94. The first-order valence-electron chi connectivity index (χ1n) is 7.80. The molecular formula is C19H24FN. The summed E-state index contributed by atoms with van der Waals surface area (Å²) in [7, 11) is 0. The average Bonchev–Trinajstić information content (AvgIpc) is 2.52. The van der Waals surface area contributed by atoms with Crippen LogP contribution < -0.4 is 5.32 Å². The first-order valence-corrected chi connectivity index (χ1v) is 7.80. The van der Waals surface area contributed by atoms with Crippen LogP contribution >= 0.6 is 0 Å². The van der Waals surface area contributed by atoms with Gasteiger partial charge in [0, 0.05) is 12.0 Å². The van der Waals surface area contributed by atoms with Crippen LogP contribution in [0.3, 0.4) is 0 Å². The van der Waals surface area contributed by atoms with Crippen LogP contribution in [-0.2, 0) is 0 Å². The molecule has 0 radical (unpaired) electrons. The number of benzene rings is 2. The van der Waals surface area contributed by atoms with Gasteiger partial charge in [0.25, 0.3) is 0 Å². The second-order valence-corrected chi connectivity index (χ2v) is 5.41. The molecule has 2 rings (SSSR count). The van der Waals surface area contributed by atoms with E-state index in [1.54, 1.807) is 12.1 Å². The van der Waals surface area contributed by atoms with Gasteiger partial charge >= 0.3 is 0 Å². The zero-order chi connectivity index (χ0) is 15.1. The summed E-state index contributed by atoms with van der Waals surface area (Å²) in [5.41, 5.74) is 2.33. The van der Waals surface area contributed by atoms with Gasteiger partial charge in [0.1, 0.15) is 5.82 Å². The molecule has 2 aromatic rings. The van der Waals surface area contributed by atoms with Gasteiger partial charge in [-0.05, 0) is 42.6 Å². The largest absolute Gasteiger partial charge is 0.309 e. The van der Waals surface area contributed by atoms with E-state index in [-0.39, 0.29) is 11.9 Å². The van der Waals surface area contributed by atoms with Crippen LogP contribution in [0.15, 0.2) is 54.6 Å². The number of hydrogen-bond acceptors (Lipinski definition) is 1. The zero-order valence-corrected chi connectivity index (χ0v) is 12.9. The highest BCUT2D eigenvalue weighted by atomic mass is 19.1. The van der Waals surface area contributed by atoms with Gasteiger partial charge in [-0.15, -0.1) is 0 Å². The normalized spacial score (nSPS) is 13.9. The smallest absolute Gasteiger partial charge is 0.123 e. The van der Waals surface area contributed by atoms with Crippen molar-refractivity contribution in [2.75, 3.05) is 6.54 Å². The summed E-state index contributed by atoms with van der Waals surface area (Å²) in [5.74, 6) is 0.179. The fraction of sp³-hybridized carbons (Fsp3) is 0.368. The fourth-order valence-electron chi connectivity index (χ4n) is 2.86. The van der Waals surface area contributed by atoms with Crippen molar-refractivity contribution in [2.45, 2.75) is 38.6 Å². The molecule has 0 aliphatic rings. The van der Waals surface area contributed by atoms with Gasteiger partial charge in [0.2, 0.25) is 0 Å². The first kappa shape index (κ1) is 15.7. The highest BCUT2D eigenvalue weighted by molar-refractivity contribution is 5.28. The average molecular weight is 285 g/mol. The number of hydrogen-bond donors (Lipinski definition) is 1. The lowest BCUT2D eigenvalue weighted by molar-refractivity contribution is 0.433. The van der Waals surface area contributed by atoms with E-state index in [2.05, 4.69) is 43.4 Å². The summed E-state index contributed by atoms with van der Waals surface area (Å²) in [6.07, 6.45) is 2.08. The summed E-state index contributed by atoms with van der Waals surface area (Å²) in [4.78, 5) is 0. The van der Waals surface area contributed by atoms with Gasteiger partial charge < -0.3 is 5.32 Å². The van der Waals surface area contributed by atoms with Gasteiger partial charge in [-0.25, -0.2) is 4.39 Å². The summed E-state index contributed by atoms with van der Waals surface area (Å²) < 4.78 is 13.6. The Morgan fingerprint density at radius 2 is 1.67 bits per heavy atom. The Bertz CT molecular complexity index is 538. The fourth-order valence-corrected chi connectivity index (χ4v) is 2.86. The van der Waals surface area contributed by atoms with Crippen LogP contribution in [0.4, 0.5) is 4.39 Å². The molecule has 2 aromatic carbocycles. The molecular weight excluding hydrogens is 261 g/mol. The van der Waals surface area contributed by atoms with Gasteiger partial charge in [0.15, 0.2) is 0 Å². The maximum Gasteiger partial charge on any atom is 0.123 e. The van der Waals surface area contributed by atoms with Crippen molar-refractivity contribution in [2.24, 2.45) is 0 Å². The van der Waals surface area contributed by atoms with Crippen molar-refractivity contribution in [3.05, 3.63) is 71.5 Å². The van der Waals surface area contributed by atoms with Crippen LogP contribution in [0, 0.1) is 5.82 Å². The van der Waals surface area contributed by atoms with Crippen molar-refractivity contribution in [3.8, 4) is 0 Å². The Kier molecular flexibility index (Phi) is 5.94. The van der Waals surface area contributed by atoms with E-state index in [0.29, 0.717) is 5.92 Å². The molecule has 2 heteroatoms. The van der Waals surface area contributed by atoms with Crippen molar-refractivity contribution in [1.82, 2.24) is 5.32 Å². The summed E-state index contributed by atoms with van der Waals surface area (Å²) in [5, 5.41) is 3.60. The third-order valence-electron chi connectivity index (χ3n) is 3.89. The van der Waals surface area contributed by atoms with Crippen LogP contribution in [0.5, 0.6) is 0 Å². The Balaban J connectivity index is 2.33. The Morgan fingerprint density at radius 3 is 2.29 bits per heavy atom. The van der Waals surface area contributed by atoms with E-state index >= 15 is 0 Å². The molecule has 2 unspecified atom stereocenters. The highest BCUT2D eigenvalue weighted by Crippen LogP contribution is 2.33. The SMILES string of the molecule is CCCNC(c1cccc(F)c1)C(CC)c1ccccc1. The van der Waals surface area contributed by atoms with E-state index in [9.17, 15) is 4.39 Å². The molecule has 2 atom stereocenters. The van der Waals surface area contributed by atoms with Gasteiger partial charge in [-0.2, -0.15) is 0 Å². The molecule has 0 aliphatic heterocycles. The van der Waals surface area contributed by atoms with Crippen LogP contribution in [0.25, 0.3) is 0 Å². The molecule has 1 N–H and O–H groups in total. The molecule has 0 fully saturated rings. The number of rotatable bonds is 7. The van der Waals surface area contributed by atoms with E-state index in [4.69, 9.17) is 0 Å². The molecule has 0 saturated carbocycles. The minimum Gasteiger partial charge on any atom is -0.309 e. The van der Waals surface area contributed by atoms with Crippen LogP contribution in [0.2, 0.25) is 0 Å². The van der Waals surface area contributed by atoms with E-state index in [1.165, 1.54) is 11.6 Å². The predicted octanol–water partition coefficient (Wildman–Crippen LogP) is 5.06. The van der Waals surface area contributed by atoms with Gasteiger partial charge in [-0.3, -0.25) is 0 Å². The lowest BCUT2D eigenvalue weighted by Crippen LogP contribution is -2.27. The number of nitrogens with one attached hydrogen (secondary N) is 1. The Hall–Kier alpha value is -1.67. The molecule has 0 saturated heterocycles. The molecule has 112 valence electrons. The monoisotopic (exact) mass is 285 g/mol. The Morgan fingerprint density at radius 1 is 0.952 bits per heavy atom. The second-order valence-electron chi connectivity index (χ2n) is 5.41. The van der Waals surface area contributed by atoms with Crippen molar-refractivity contribution >= 4 is 0 Å². The standard InChI is InChI=1S/C19H24FN/c1-3-13-21-19(16-11-8-12-17(20)14-16)18(4-2)15-9-6-5-7-10-15/h5-12,14,18-19,21H,3-4,13H2,1-2H3. The van der Waals surface area contributed by atoms with Gasteiger partial charge in [0.05, 0.1) is 0 Å².